The predicted octanol–water partition coefficient (Wildman–Crippen LogP) is -0.0359. The van der Waals surface area contributed by atoms with Gasteiger partial charge in [0, 0.05) is 13.2 Å². The molecule has 7 nitrogen and oxygen atoms in total. The molecule has 0 aromatic carbocycles. The van der Waals surface area contributed by atoms with Crippen LogP contribution in [0.3, 0.4) is 0 Å². The van der Waals surface area contributed by atoms with Gasteiger partial charge in [0.15, 0.2) is 0 Å². The van der Waals surface area contributed by atoms with E-state index in [1.165, 1.54) is 6.33 Å². The molecule has 96 valence electrons. The molecule has 0 saturated carbocycles. The third-order valence-electron chi connectivity index (χ3n) is 2.79. The molecule has 2 heterocycles. The van der Waals surface area contributed by atoms with E-state index in [0.29, 0.717) is 31.9 Å². The summed E-state index contributed by atoms with van der Waals surface area (Å²) in [7, 11) is -3.33. The van der Waals surface area contributed by atoms with Crippen molar-refractivity contribution in [2.24, 2.45) is 0 Å². The molecule has 0 amide bonds. The number of nitrogens with one attached hydrogen (secondary N) is 2. The van der Waals surface area contributed by atoms with Gasteiger partial charge in [-0.1, -0.05) is 0 Å². The van der Waals surface area contributed by atoms with Crippen LogP contribution in [0.1, 0.15) is 31.6 Å². The van der Waals surface area contributed by atoms with Crippen molar-refractivity contribution in [3.8, 4) is 0 Å². The number of hydrogen-bond acceptors (Lipinski definition) is 5. The van der Waals surface area contributed by atoms with Crippen molar-refractivity contribution in [3.63, 3.8) is 0 Å². The minimum absolute atomic E-state index is 0.373. The van der Waals surface area contributed by atoms with Gasteiger partial charge in [-0.2, -0.15) is 5.10 Å². The molecule has 0 spiro atoms. The van der Waals surface area contributed by atoms with Crippen molar-refractivity contribution < 1.29 is 13.2 Å². The first-order valence-corrected chi connectivity index (χ1v) is 7.08. The van der Waals surface area contributed by atoms with Crippen molar-refractivity contribution in [2.75, 3.05) is 13.2 Å². The third kappa shape index (κ3) is 3.02. The molecule has 1 aliphatic heterocycles. The quantitative estimate of drug-likeness (QED) is 0.792. The van der Waals surface area contributed by atoms with E-state index >= 15 is 0 Å². The number of H-pyrrole nitrogens is 1. The number of aromatic nitrogens is 3. The molecule has 2 rings (SSSR count). The normalized spacial score (nSPS) is 20.3. The molecule has 1 unspecified atom stereocenters. The molecule has 2 N–H and O–H groups in total. The lowest BCUT2D eigenvalue weighted by atomic mass is 10.2. The molecule has 0 radical (unpaired) electrons. The molecule has 8 heteroatoms. The number of ether oxygens (including phenoxy) is 1. The van der Waals surface area contributed by atoms with Gasteiger partial charge in [0.25, 0.3) is 0 Å². The lowest BCUT2D eigenvalue weighted by molar-refractivity contribution is 0.0981. The predicted molar refractivity (Wildman–Crippen MR) is 60.7 cm³/mol. The maximum Gasteiger partial charge on any atom is 0.215 e. The molecular formula is C9H16N4O3S. The van der Waals surface area contributed by atoms with Crippen LogP contribution in [0.25, 0.3) is 0 Å². The Kier molecular flexibility index (Phi) is 3.75. The molecule has 1 saturated heterocycles. The van der Waals surface area contributed by atoms with Crippen LogP contribution in [-0.4, -0.2) is 42.1 Å². The highest BCUT2D eigenvalue weighted by atomic mass is 32.2. The van der Waals surface area contributed by atoms with Gasteiger partial charge in [-0.05, 0) is 19.8 Å². The molecule has 0 bridgehead atoms. The Hall–Kier alpha value is -0.990. The van der Waals surface area contributed by atoms with Gasteiger partial charge < -0.3 is 4.74 Å². The summed E-state index contributed by atoms with van der Waals surface area (Å²) in [5.41, 5.74) is 0. The fourth-order valence-corrected chi connectivity index (χ4v) is 3.42. The second kappa shape index (κ2) is 5.11. The van der Waals surface area contributed by atoms with Crippen molar-refractivity contribution in [1.29, 1.82) is 0 Å². The summed E-state index contributed by atoms with van der Waals surface area (Å²) < 4.78 is 31.9. The minimum Gasteiger partial charge on any atom is -0.381 e. The van der Waals surface area contributed by atoms with Crippen LogP contribution in [0.5, 0.6) is 0 Å². The zero-order valence-electron chi connectivity index (χ0n) is 9.59. The van der Waals surface area contributed by atoms with Gasteiger partial charge in [0.2, 0.25) is 10.0 Å². The zero-order chi connectivity index (χ0) is 12.3. The van der Waals surface area contributed by atoms with Gasteiger partial charge in [-0.25, -0.2) is 18.1 Å². The van der Waals surface area contributed by atoms with Crippen LogP contribution in [0, 0.1) is 0 Å². The first-order chi connectivity index (χ1) is 8.09. The number of sulfonamides is 1. The summed E-state index contributed by atoms with van der Waals surface area (Å²) in [6.07, 6.45) is 2.44. The van der Waals surface area contributed by atoms with Crippen molar-refractivity contribution in [2.45, 2.75) is 31.1 Å². The summed E-state index contributed by atoms with van der Waals surface area (Å²) in [5.74, 6) is 0.514. The van der Waals surface area contributed by atoms with Crippen molar-refractivity contribution in [3.05, 3.63) is 12.2 Å². The van der Waals surface area contributed by atoms with E-state index < -0.39 is 16.1 Å². The Morgan fingerprint density at radius 1 is 1.53 bits per heavy atom. The van der Waals surface area contributed by atoms with E-state index in [0.717, 1.165) is 0 Å². The SMILES string of the molecule is CC(NS(=O)(=O)C1CCOCC1)c1ncn[nH]1. The molecule has 1 aliphatic rings. The number of nitrogens with zero attached hydrogens (tertiary/aromatic N) is 2. The Bertz CT molecular complexity index is 439. The highest BCUT2D eigenvalue weighted by Crippen LogP contribution is 2.17. The minimum atomic E-state index is -3.33. The van der Waals surface area contributed by atoms with E-state index in [4.69, 9.17) is 4.74 Å². The summed E-state index contributed by atoms with van der Waals surface area (Å²) >= 11 is 0. The van der Waals surface area contributed by atoms with Crippen LogP contribution < -0.4 is 4.72 Å². The van der Waals surface area contributed by atoms with Gasteiger partial charge in [0.05, 0.1) is 11.3 Å². The van der Waals surface area contributed by atoms with Crippen molar-refractivity contribution >= 4 is 10.0 Å². The maximum absolute atomic E-state index is 12.1. The second-order valence-corrected chi connectivity index (χ2v) is 6.06. The highest BCUT2D eigenvalue weighted by molar-refractivity contribution is 7.90. The van der Waals surface area contributed by atoms with E-state index in [1.54, 1.807) is 6.92 Å². The first-order valence-electron chi connectivity index (χ1n) is 5.54. The summed E-state index contributed by atoms with van der Waals surface area (Å²) in [4.78, 5) is 3.93. The molecule has 17 heavy (non-hydrogen) atoms. The Morgan fingerprint density at radius 3 is 2.82 bits per heavy atom. The molecule has 1 fully saturated rings. The topological polar surface area (TPSA) is 97.0 Å². The Labute approximate surface area is 100 Å². The second-order valence-electron chi connectivity index (χ2n) is 4.07. The van der Waals surface area contributed by atoms with Crippen LogP contribution >= 0.6 is 0 Å². The third-order valence-corrected chi connectivity index (χ3v) is 4.82. The van der Waals surface area contributed by atoms with Crippen LogP contribution in [0.15, 0.2) is 6.33 Å². The number of hydrogen-bond donors (Lipinski definition) is 2. The highest BCUT2D eigenvalue weighted by Gasteiger charge is 2.29. The summed E-state index contributed by atoms with van der Waals surface area (Å²) in [5, 5.41) is 5.97. The first kappa shape index (κ1) is 12.5. The molecule has 1 aromatic heterocycles. The number of aromatic amines is 1. The molecule has 1 atom stereocenters. The zero-order valence-corrected chi connectivity index (χ0v) is 10.4. The lowest BCUT2D eigenvalue weighted by Crippen LogP contribution is -2.39. The van der Waals surface area contributed by atoms with E-state index in [2.05, 4.69) is 19.9 Å². The lowest BCUT2D eigenvalue weighted by Gasteiger charge is -2.23. The average molecular weight is 260 g/mol. The van der Waals surface area contributed by atoms with Crippen LogP contribution in [0.2, 0.25) is 0 Å². The summed E-state index contributed by atoms with van der Waals surface area (Å²) in [6.45, 7) is 2.74. The summed E-state index contributed by atoms with van der Waals surface area (Å²) in [6, 6.07) is -0.398. The largest absolute Gasteiger partial charge is 0.381 e. The molecular weight excluding hydrogens is 244 g/mol. The van der Waals surface area contributed by atoms with Crippen molar-refractivity contribution in [1.82, 2.24) is 19.9 Å². The van der Waals surface area contributed by atoms with E-state index in [1.807, 2.05) is 0 Å². The molecule has 1 aromatic rings. The van der Waals surface area contributed by atoms with Crippen LogP contribution in [-0.2, 0) is 14.8 Å². The Morgan fingerprint density at radius 2 is 2.24 bits per heavy atom. The standard InChI is InChI=1S/C9H16N4O3S/c1-7(9-10-6-11-12-9)13-17(14,15)8-2-4-16-5-3-8/h6-8,13H,2-5H2,1H3,(H,10,11,12). The van der Waals surface area contributed by atoms with Gasteiger partial charge in [-0.15, -0.1) is 0 Å². The van der Waals surface area contributed by atoms with Gasteiger partial charge in [0.1, 0.15) is 12.2 Å². The number of rotatable bonds is 4. The van der Waals surface area contributed by atoms with Crippen LogP contribution in [0.4, 0.5) is 0 Å². The van der Waals surface area contributed by atoms with Gasteiger partial charge in [-0.3, -0.25) is 5.10 Å². The smallest absolute Gasteiger partial charge is 0.215 e. The fourth-order valence-electron chi connectivity index (χ4n) is 1.81. The fraction of sp³-hybridized carbons (Fsp3) is 0.778. The monoisotopic (exact) mass is 260 g/mol. The maximum atomic E-state index is 12.1. The Balaban J connectivity index is 2.01. The van der Waals surface area contributed by atoms with Gasteiger partial charge >= 0.3 is 0 Å². The van der Waals surface area contributed by atoms with E-state index in [-0.39, 0.29) is 5.25 Å². The molecule has 0 aliphatic carbocycles. The average Bonchev–Trinajstić information content (AvgIpc) is 2.83. The van der Waals surface area contributed by atoms with E-state index in [9.17, 15) is 8.42 Å².